The third-order valence-electron chi connectivity index (χ3n) is 2.18. The predicted molar refractivity (Wildman–Crippen MR) is 50.0 cm³/mol. The Morgan fingerprint density at radius 1 is 1.20 bits per heavy atom. The van der Waals surface area contributed by atoms with Gasteiger partial charge in [0.1, 0.15) is 5.82 Å². The summed E-state index contributed by atoms with van der Waals surface area (Å²) in [6, 6.07) is 2.70. The molecule has 0 saturated carbocycles. The van der Waals surface area contributed by atoms with Crippen molar-refractivity contribution in [3.8, 4) is 0 Å². The number of hydrogen-bond donors (Lipinski definition) is 0. The summed E-state index contributed by atoms with van der Waals surface area (Å²) < 4.78 is 49.8. The molecule has 1 rings (SSSR count). The van der Waals surface area contributed by atoms with E-state index in [2.05, 4.69) is 0 Å². The van der Waals surface area contributed by atoms with Gasteiger partial charge in [0.25, 0.3) is 0 Å². The number of alkyl halides is 3. The van der Waals surface area contributed by atoms with Crippen LogP contribution in [0.2, 0.25) is 0 Å². The average molecular weight is 220 g/mol. The molecule has 4 heteroatoms. The Morgan fingerprint density at radius 2 is 1.87 bits per heavy atom. The number of unbranched alkanes of at least 4 members (excludes halogenated alkanes) is 1. The first kappa shape index (κ1) is 12.0. The van der Waals surface area contributed by atoms with Crippen LogP contribution in [-0.4, -0.2) is 0 Å². The fourth-order valence-corrected chi connectivity index (χ4v) is 1.29. The van der Waals surface area contributed by atoms with E-state index in [0.29, 0.717) is 18.1 Å². The van der Waals surface area contributed by atoms with Crippen molar-refractivity contribution in [1.29, 1.82) is 0 Å². The van der Waals surface area contributed by atoms with E-state index in [4.69, 9.17) is 0 Å². The Kier molecular flexibility index (Phi) is 3.72. The predicted octanol–water partition coefficient (Wildman–Crippen LogP) is 4.19. The fraction of sp³-hybridized carbons (Fsp3) is 0.455. The van der Waals surface area contributed by atoms with Crippen LogP contribution < -0.4 is 0 Å². The largest absolute Gasteiger partial charge is 0.416 e. The van der Waals surface area contributed by atoms with Gasteiger partial charge in [-0.15, -0.1) is 0 Å². The molecule has 0 aromatic heterocycles. The highest BCUT2D eigenvalue weighted by molar-refractivity contribution is 5.26. The molecule has 0 aliphatic carbocycles. The SMILES string of the molecule is CCCCc1ccc(C(F)(F)F)cc1F. The monoisotopic (exact) mass is 220 g/mol. The lowest BCUT2D eigenvalue weighted by molar-refractivity contribution is -0.137. The van der Waals surface area contributed by atoms with Crippen molar-refractivity contribution in [2.24, 2.45) is 0 Å². The fourth-order valence-electron chi connectivity index (χ4n) is 1.29. The molecule has 0 unspecified atom stereocenters. The van der Waals surface area contributed by atoms with Crippen molar-refractivity contribution in [3.63, 3.8) is 0 Å². The maximum absolute atomic E-state index is 13.2. The minimum Gasteiger partial charge on any atom is -0.207 e. The molecule has 15 heavy (non-hydrogen) atoms. The second-order valence-electron chi connectivity index (χ2n) is 3.41. The highest BCUT2D eigenvalue weighted by atomic mass is 19.4. The van der Waals surface area contributed by atoms with Gasteiger partial charge < -0.3 is 0 Å². The lowest BCUT2D eigenvalue weighted by Gasteiger charge is -2.08. The summed E-state index contributed by atoms with van der Waals surface area (Å²) >= 11 is 0. The molecule has 0 amide bonds. The summed E-state index contributed by atoms with van der Waals surface area (Å²) in [6.45, 7) is 1.95. The highest BCUT2D eigenvalue weighted by Gasteiger charge is 2.30. The molecule has 0 saturated heterocycles. The third kappa shape index (κ3) is 3.22. The minimum absolute atomic E-state index is 0.352. The van der Waals surface area contributed by atoms with Crippen molar-refractivity contribution < 1.29 is 17.6 Å². The smallest absolute Gasteiger partial charge is 0.207 e. The Bertz CT molecular complexity index is 328. The van der Waals surface area contributed by atoms with Crippen LogP contribution in [0.1, 0.15) is 30.9 Å². The molecular weight excluding hydrogens is 208 g/mol. The Balaban J connectivity index is 2.88. The van der Waals surface area contributed by atoms with E-state index in [9.17, 15) is 17.6 Å². The lowest BCUT2D eigenvalue weighted by Crippen LogP contribution is -2.06. The van der Waals surface area contributed by atoms with Crippen molar-refractivity contribution in [2.45, 2.75) is 32.4 Å². The Hall–Kier alpha value is -1.06. The highest BCUT2D eigenvalue weighted by Crippen LogP contribution is 2.30. The molecule has 0 heterocycles. The maximum atomic E-state index is 13.2. The van der Waals surface area contributed by atoms with Crippen LogP contribution in [0.25, 0.3) is 0 Å². The molecule has 0 atom stereocenters. The van der Waals surface area contributed by atoms with E-state index in [0.717, 1.165) is 18.9 Å². The van der Waals surface area contributed by atoms with Crippen molar-refractivity contribution >= 4 is 0 Å². The number of hydrogen-bond acceptors (Lipinski definition) is 0. The summed E-state index contributed by atoms with van der Waals surface area (Å²) in [7, 11) is 0. The molecular formula is C11H12F4. The van der Waals surface area contributed by atoms with Crippen LogP contribution in [0.15, 0.2) is 18.2 Å². The van der Waals surface area contributed by atoms with Gasteiger partial charge in [0.05, 0.1) is 5.56 Å². The zero-order valence-corrected chi connectivity index (χ0v) is 8.37. The maximum Gasteiger partial charge on any atom is 0.416 e. The quantitative estimate of drug-likeness (QED) is 0.670. The van der Waals surface area contributed by atoms with Gasteiger partial charge in [0, 0.05) is 0 Å². The Labute approximate surface area is 85.9 Å². The molecule has 0 bridgehead atoms. The number of halogens is 4. The van der Waals surface area contributed by atoms with E-state index in [-0.39, 0.29) is 0 Å². The van der Waals surface area contributed by atoms with E-state index >= 15 is 0 Å². The normalized spacial score (nSPS) is 11.8. The van der Waals surface area contributed by atoms with Crippen molar-refractivity contribution in [3.05, 3.63) is 35.1 Å². The first-order valence-corrected chi connectivity index (χ1v) is 4.80. The summed E-state index contributed by atoms with van der Waals surface area (Å²) in [5.41, 5.74) is -0.579. The molecule has 0 N–H and O–H groups in total. The van der Waals surface area contributed by atoms with Gasteiger partial charge in [-0.3, -0.25) is 0 Å². The standard InChI is InChI=1S/C11H12F4/c1-2-3-4-8-5-6-9(7-10(8)12)11(13,14)15/h5-7H,2-4H2,1H3. The van der Waals surface area contributed by atoms with Gasteiger partial charge in [-0.2, -0.15) is 13.2 Å². The van der Waals surface area contributed by atoms with Crippen LogP contribution in [0.3, 0.4) is 0 Å². The van der Waals surface area contributed by atoms with Crippen LogP contribution >= 0.6 is 0 Å². The van der Waals surface area contributed by atoms with Gasteiger partial charge in [0.15, 0.2) is 0 Å². The van der Waals surface area contributed by atoms with E-state index in [1.807, 2.05) is 6.92 Å². The second kappa shape index (κ2) is 4.64. The van der Waals surface area contributed by atoms with Crippen molar-refractivity contribution in [2.75, 3.05) is 0 Å². The van der Waals surface area contributed by atoms with E-state index < -0.39 is 17.6 Å². The van der Waals surface area contributed by atoms with Gasteiger partial charge in [-0.05, 0) is 30.5 Å². The molecule has 84 valence electrons. The van der Waals surface area contributed by atoms with Crippen LogP contribution in [-0.2, 0) is 12.6 Å². The van der Waals surface area contributed by atoms with Gasteiger partial charge in [-0.25, -0.2) is 4.39 Å². The summed E-state index contributed by atoms with van der Waals surface area (Å²) in [5, 5.41) is 0. The third-order valence-corrected chi connectivity index (χ3v) is 2.18. The molecule has 1 aromatic rings. The number of benzene rings is 1. The summed E-state index contributed by atoms with van der Waals surface area (Å²) in [4.78, 5) is 0. The molecule has 1 aromatic carbocycles. The summed E-state index contributed by atoms with van der Waals surface area (Å²) in [5.74, 6) is -0.765. The Morgan fingerprint density at radius 3 is 2.33 bits per heavy atom. The van der Waals surface area contributed by atoms with E-state index in [1.54, 1.807) is 0 Å². The molecule has 0 spiro atoms. The molecule has 0 nitrogen and oxygen atoms in total. The second-order valence-corrected chi connectivity index (χ2v) is 3.41. The van der Waals surface area contributed by atoms with Crippen LogP contribution in [0.4, 0.5) is 17.6 Å². The number of rotatable bonds is 3. The van der Waals surface area contributed by atoms with Gasteiger partial charge >= 0.3 is 6.18 Å². The van der Waals surface area contributed by atoms with Crippen molar-refractivity contribution in [1.82, 2.24) is 0 Å². The summed E-state index contributed by atoms with van der Waals surface area (Å²) in [6.07, 6.45) is -2.31. The molecule has 0 aliphatic rings. The first-order chi connectivity index (χ1) is 6.95. The molecule has 0 fully saturated rings. The van der Waals surface area contributed by atoms with Gasteiger partial charge in [0.2, 0.25) is 0 Å². The zero-order chi connectivity index (χ0) is 11.5. The van der Waals surface area contributed by atoms with Gasteiger partial charge in [-0.1, -0.05) is 19.4 Å². The van der Waals surface area contributed by atoms with E-state index in [1.165, 1.54) is 6.07 Å². The first-order valence-electron chi connectivity index (χ1n) is 4.80. The number of aryl methyl sites for hydroxylation is 1. The zero-order valence-electron chi connectivity index (χ0n) is 8.37. The minimum atomic E-state index is -4.47. The average Bonchev–Trinajstić information content (AvgIpc) is 2.14. The topological polar surface area (TPSA) is 0 Å². The van der Waals surface area contributed by atoms with Crippen LogP contribution in [0, 0.1) is 5.82 Å². The lowest BCUT2D eigenvalue weighted by atomic mass is 10.1. The van der Waals surface area contributed by atoms with Crippen LogP contribution in [0.5, 0.6) is 0 Å². The molecule has 0 aliphatic heterocycles. The molecule has 0 radical (unpaired) electrons.